The van der Waals surface area contributed by atoms with E-state index in [2.05, 4.69) is 0 Å². The lowest BCUT2D eigenvalue weighted by atomic mass is 10.1. The van der Waals surface area contributed by atoms with Crippen molar-refractivity contribution in [2.24, 2.45) is 11.5 Å². The van der Waals surface area contributed by atoms with Gasteiger partial charge in [-0.15, -0.1) is 0 Å². The van der Waals surface area contributed by atoms with Crippen LogP contribution in [-0.4, -0.2) is 41.0 Å². The van der Waals surface area contributed by atoms with Crippen LogP contribution in [-0.2, 0) is 14.4 Å². The summed E-state index contributed by atoms with van der Waals surface area (Å²) in [4.78, 5) is 30.4. The number of carbonyl (C=O) groups is 3. The Balaban J connectivity index is 0. The number of aliphatic carboxylic acids is 2. The highest BCUT2D eigenvalue weighted by Crippen LogP contribution is 2.00. The highest BCUT2D eigenvalue weighted by molar-refractivity contribution is 6.32. The zero-order valence-corrected chi connectivity index (χ0v) is 11.8. The van der Waals surface area contributed by atoms with Crippen molar-refractivity contribution < 1.29 is 24.6 Å². The van der Waals surface area contributed by atoms with Crippen molar-refractivity contribution in [2.75, 3.05) is 13.1 Å². The molecule has 0 bridgehead atoms. The molecule has 20 heavy (non-hydrogen) atoms. The fourth-order valence-electron chi connectivity index (χ4n) is 1.31. The fourth-order valence-corrected chi connectivity index (χ4v) is 1.31. The average molecular weight is 290 g/mol. The van der Waals surface area contributed by atoms with Gasteiger partial charge in [-0.25, -0.2) is 4.79 Å². The summed E-state index contributed by atoms with van der Waals surface area (Å²) in [6.07, 6.45) is 5.35. The maximum atomic E-state index is 10.4. The molecular weight excluding hydrogens is 264 g/mol. The van der Waals surface area contributed by atoms with Gasteiger partial charge >= 0.3 is 11.9 Å². The van der Waals surface area contributed by atoms with E-state index < -0.39 is 17.7 Å². The second-order valence-electron chi connectivity index (χ2n) is 4.32. The molecule has 0 aliphatic rings. The van der Waals surface area contributed by atoms with Crippen molar-refractivity contribution >= 4 is 17.7 Å². The average Bonchev–Trinajstić information content (AvgIpc) is 2.40. The van der Waals surface area contributed by atoms with Crippen LogP contribution in [0, 0.1) is 0 Å². The third-order valence-electron chi connectivity index (χ3n) is 2.44. The van der Waals surface area contributed by atoms with Gasteiger partial charge in [-0.2, -0.15) is 0 Å². The van der Waals surface area contributed by atoms with Crippen LogP contribution in [0.2, 0.25) is 0 Å². The first-order valence-electron chi connectivity index (χ1n) is 6.83. The SMILES string of the molecule is NCCCCCCN.O=C(O)CCCCC(=O)C(=O)O. The van der Waals surface area contributed by atoms with E-state index in [0.29, 0.717) is 12.8 Å². The summed E-state index contributed by atoms with van der Waals surface area (Å²) in [7, 11) is 0. The number of nitrogens with two attached hydrogens (primary N) is 2. The molecule has 0 aromatic rings. The third-order valence-corrected chi connectivity index (χ3v) is 2.44. The second-order valence-corrected chi connectivity index (χ2v) is 4.32. The number of hydrogen-bond acceptors (Lipinski definition) is 5. The van der Waals surface area contributed by atoms with Gasteiger partial charge in [0.25, 0.3) is 0 Å². The molecule has 0 spiro atoms. The summed E-state index contributed by atoms with van der Waals surface area (Å²) in [6, 6.07) is 0. The first-order chi connectivity index (χ1) is 9.45. The molecule has 6 N–H and O–H groups in total. The Morgan fingerprint density at radius 3 is 1.50 bits per heavy atom. The van der Waals surface area contributed by atoms with Crippen LogP contribution in [0.1, 0.15) is 51.4 Å². The Morgan fingerprint density at radius 2 is 1.15 bits per heavy atom. The number of carbonyl (C=O) groups excluding carboxylic acids is 1. The normalized spacial score (nSPS) is 9.50. The van der Waals surface area contributed by atoms with Crippen LogP contribution in [0.5, 0.6) is 0 Å². The lowest BCUT2D eigenvalue weighted by molar-refractivity contribution is -0.149. The van der Waals surface area contributed by atoms with Gasteiger partial charge in [-0.05, 0) is 38.8 Å². The number of ketones is 1. The standard InChI is InChI=1S/C7H10O5.C6H16N2/c8-5(7(11)12)3-1-2-4-6(9)10;7-5-3-1-2-4-6-8/h1-4H2,(H,9,10)(H,11,12);1-8H2. The lowest BCUT2D eigenvalue weighted by Gasteiger charge is -1.94. The van der Waals surface area contributed by atoms with Crippen molar-refractivity contribution in [1.29, 1.82) is 0 Å². The molecule has 0 unspecified atom stereocenters. The zero-order valence-electron chi connectivity index (χ0n) is 11.8. The Kier molecular flexibility index (Phi) is 16.2. The number of rotatable bonds is 11. The summed E-state index contributed by atoms with van der Waals surface area (Å²) in [5, 5.41) is 16.3. The zero-order chi connectivity index (χ0) is 15.8. The van der Waals surface area contributed by atoms with E-state index >= 15 is 0 Å². The van der Waals surface area contributed by atoms with E-state index in [9.17, 15) is 14.4 Å². The van der Waals surface area contributed by atoms with Crippen molar-refractivity contribution in [3.05, 3.63) is 0 Å². The van der Waals surface area contributed by atoms with E-state index in [4.69, 9.17) is 21.7 Å². The highest BCUT2D eigenvalue weighted by Gasteiger charge is 2.10. The summed E-state index contributed by atoms with van der Waals surface area (Å²) < 4.78 is 0. The molecule has 0 heterocycles. The van der Waals surface area contributed by atoms with Gasteiger partial charge in [-0.1, -0.05) is 12.8 Å². The molecule has 118 valence electrons. The Bertz CT molecular complexity index is 276. The molecule has 0 aromatic carbocycles. The van der Waals surface area contributed by atoms with E-state index in [0.717, 1.165) is 25.9 Å². The Hall–Kier alpha value is -1.47. The monoisotopic (exact) mass is 290 g/mol. The summed E-state index contributed by atoms with van der Waals surface area (Å²) in [5.74, 6) is -3.25. The van der Waals surface area contributed by atoms with E-state index in [1.807, 2.05) is 0 Å². The van der Waals surface area contributed by atoms with Crippen LogP contribution < -0.4 is 11.5 Å². The fraction of sp³-hybridized carbons (Fsp3) is 0.769. The van der Waals surface area contributed by atoms with Gasteiger partial charge in [0.2, 0.25) is 5.78 Å². The van der Waals surface area contributed by atoms with Gasteiger partial charge in [-0.3, -0.25) is 9.59 Å². The first-order valence-corrected chi connectivity index (χ1v) is 6.83. The molecule has 0 aliphatic carbocycles. The summed E-state index contributed by atoms with van der Waals surface area (Å²) in [5.41, 5.74) is 10.6. The van der Waals surface area contributed by atoms with E-state index in [-0.39, 0.29) is 12.8 Å². The van der Waals surface area contributed by atoms with Gasteiger partial charge in [0.1, 0.15) is 0 Å². The predicted molar refractivity (Wildman–Crippen MR) is 75.3 cm³/mol. The summed E-state index contributed by atoms with van der Waals surface area (Å²) >= 11 is 0. The van der Waals surface area contributed by atoms with Gasteiger partial charge in [0.15, 0.2) is 0 Å². The van der Waals surface area contributed by atoms with Crippen LogP contribution in [0.4, 0.5) is 0 Å². The molecule has 0 saturated heterocycles. The second kappa shape index (κ2) is 15.6. The minimum atomic E-state index is -1.45. The molecule has 7 heteroatoms. The van der Waals surface area contributed by atoms with Gasteiger partial charge in [0, 0.05) is 12.8 Å². The van der Waals surface area contributed by atoms with Crippen LogP contribution >= 0.6 is 0 Å². The highest BCUT2D eigenvalue weighted by atomic mass is 16.4. The third kappa shape index (κ3) is 18.9. The minimum absolute atomic E-state index is 0.0209. The summed E-state index contributed by atoms with van der Waals surface area (Å²) in [6.45, 7) is 1.65. The number of unbranched alkanes of at least 4 members (excludes halogenated alkanes) is 4. The van der Waals surface area contributed by atoms with Gasteiger partial charge in [0.05, 0.1) is 0 Å². The lowest BCUT2D eigenvalue weighted by Crippen LogP contribution is -2.11. The number of Topliss-reactive ketones (excluding diaryl/α,β-unsaturated/α-hetero) is 1. The van der Waals surface area contributed by atoms with E-state index in [1.165, 1.54) is 12.8 Å². The van der Waals surface area contributed by atoms with Crippen LogP contribution in [0.25, 0.3) is 0 Å². The molecule has 7 nitrogen and oxygen atoms in total. The first kappa shape index (κ1) is 20.8. The molecule has 0 atom stereocenters. The molecule has 0 saturated carbocycles. The molecular formula is C13H26N2O5. The Labute approximate surface area is 119 Å². The van der Waals surface area contributed by atoms with Crippen molar-refractivity contribution in [2.45, 2.75) is 51.4 Å². The smallest absolute Gasteiger partial charge is 0.372 e. The van der Waals surface area contributed by atoms with Crippen molar-refractivity contribution in [3.8, 4) is 0 Å². The number of hydrogen-bond donors (Lipinski definition) is 4. The molecule has 0 rings (SSSR count). The minimum Gasteiger partial charge on any atom is -0.481 e. The molecule has 0 aromatic heterocycles. The molecule has 0 aliphatic heterocycles. The topological polar surface area (TPSA) is 144 Å². The molecule has 0 radical (unpaired) electrons. The van der Waals surface area contributed by atoms with Gasteiger partial charge < -0.3 is 21.7 Å². The largest absolute Gasteiger partial charge is 0.481 e. The van der Waals surface area contributed by atoms with E-state index in [1.54, 1.807) is 0 Å². The van der Waals surface area contributed by atoms with Crippen LogP contribution in [0.15, 0.2) is 0 Å². The van der Waals surface area contributed by atoms with Crippen molar-refractivity contribution in [1.82, 2.24) is 0 Å². The molecule has 0 fully saturated rings. The number of carboxylic acid groups (broad SMARTS) is 2. The predicted octanol–water partition coefficient (Wildman–Crippen LogP) is 0.749. The number of carboxylic acids is 2. The Morgan fingerprint density at radius 1 is 0.700 bits per heavy atom. The quantitative estimate of drug-likeness (QED) is 0.324. The maximum Gasteiger partial charge on any atom is 0.372 e. The van der Waals surface area contributed by atoms with Crippen LogP contribution in [0.3, 0.4) is 0 Å². The van der Waals surface area contributed by atoms with Crippen molar-refractivity contribution in [3.63, 3.8) is 0 Å². The maximum absolute atomic E-state index is 10.4. The molecule has 0 amide bonds.